The van der Waals surface area contributed by atoms with Gasteiger partial charge in [0, 0.05) is 11.4 Å². The number of quaternary nitrogens is 1. The molecule has 0 amide bonds. The summed E-state index contributed by atoms with van der Waals surface area (Å²) in [5.41, 5.74) is 8.06. The molecule has 29 heavy (non-hydrogen) atoms. The van der Waals surface area contributed by atoms with Gasteiger partial charge in [-0.1, -0.05) is 18.2 Å². The topological polar surface area (TPSA) is 93.6 Å². The third kappa shape index (κ3) is 4.91. The zero-order valence-electron chi connectivity index (χ0n) is 16.5. The van der Waals surface area contributed by atoms with Crippen LogP contribution in [0, 0.1) is 0 Å². The van der Waals surface area contributed by atoms with Crippen molar-refractivity contribution in [3.05, 3.63) is 60.4 Å². The number of hydrogen-bond acceptors (Lipinski definition) is 7. The molecule has 1 aliphatic rings. The molecule has 0 aliphatic carbocycles. The normalized spacial score (nSPS) is 14.6. The summed E-state index contributed by atoms with van der Waals surface area (Å²) in [6.07, 6.45) is 0. The Morgan fingerprint density at radius 3 is 2.41 bits per heavy atom. The van der Waals surface area contributed by atoms with Gasteiger partial charge in [-0.05, 0) is 36.4 Å². The summed E-state index contributed by atoms with van der Waals surface area (Å²) in [5.74, 6) is 2.31. The molecule has 2 aromatic carbocycles. The molecule has 8 nitrogen and oxygen atoms in total. The number of nitrogens with two attached hydrogens (primary N) is 1. The Kier molecular flexibility index (Phi) is 5.71. The van der Waals surface area contributed by atoms with E-state index in [0.29, 0.717) is 11.8 Å². The summed E-state index contributed by atoms with van der Waals surface area (Å²) < 4.78 is 5.24. The van der Waals surface area contributed by atoms with Crippen LogP contribution in [0.1, 0.15) is 5.82 Å². The van der Waals surface area contributed by atoms with Crippen molar-refractivity contribution >= 4 is 23.3 Å². The van der Waals surface area contributed by atoms with Crippen LogP contribution >= 0.6 is 0 Å². The molecule has 0 bridgehead atoms. The first-order chi connectivity index (χ1) is 14.2. The maximum Gasteiger partial charge on any atom is 0.232 e. The summed E-state index contributed by atoms with van der Waals surface area (Å²) in [6.45, 7) is 4.72. The molecule has 1 saturated heterocycles. The monoisotopic (exact) mass is 392 g/mol. The highest BCUT2D eigenvalue weighted by molar-refractivity contribution is 5.53. The van der Waals surface area contributed by atoms with Gasteiger partial charge in [0.2, 0.25) is 11.9 Å². The van der Waals surface area contributed by atoms with Crippen molar-refractivity contribution in [1.82, 2.24) is 15.0 Å². The predicted octanol–water partition coefficient (Wildman–Crippen LogP) is 1.11. The first-order valence-corrected chi connectivity index (χ1v) is 9.75. The van der Waals surface area contributed by atoms with Crippen LogP contribution < -0.4 is 25.6 Å². The Bertz CT molecular complexity index is 926. The van der Waals surface area contributed by atoms with Gasteiger partial charge in [0.1, 0.15) is 12.3 Å². The Hall–Kier alpha value is -3.39. The number of nitrogens with one attached hydrogen (secondary N) is 2. The van der Waals surface area contributed by atoms with Gasteiger partial charge < -0.3 is 25.6 Å². The number of para-hydroxylation sites is 1. The van der Waals surface area contributed by atoms with Crippen LogP contribution in [0.2, 0.25) is 0 Å². The standard InChI is InChI=1S/C21H25N7O/c1-29-18-9-7-17(8-10-18)28-13-11-27(12-14-28)15-19-24-20(22)26-21(25-19)23-16-5-3-2-4-6-16/h2-10H,11-15H2,1H3,(H3,22,23,24,25,26)/p+1. The number of anilines is 4. The van der Waals surface area contributed by atoms with Crippen LogP contribution in [-0.4, -0.2) is 48.2 Å². The van der Waals surface area contributed by atoms with E-state index in [1.165, 1.54) is 10.6 Å². The molecule has 1 aromatic heterocycles. The van der Waals surface area contributed by atoms with Crippen molar-refractivity contribution in [2.75, 3.05) is 49.2 Å². The number of nitrogen functional groups attached to an aromatic ring is 1. The zero-order valence-corrected chi connectivity index (χ0v) is 16.5. The van der Waals surface area contributed by atoms with E-state index in [-0.39, 0.29) is 5.95 Å². The van der Waals surface area contributed by atoms with Crippen LogP contribution in [0.15, 0.2) is 54.6 Å². The Labute approximate surface area is 170 Å². The van der Waals surface area contributed by atoms with Gasteiger partial charge in [-0.3, -0.25) is 0 Å². The van der Waals surface area contributed by atoms with E-state index in [1.54, 1.807) is 7.11 Å². The molecule has 0 unspecified atom stereocenters. The fourth-order valence-electron chi connectivity index (χ4n) is 3.50. The first-order valence-electron chi connectivity index (χ1n) is 9.75. The fourth-order valence-corrected chi connectivity index (χ4v) is 3.50. The Morgan fingerprint density at radius 1 is 1.00 bits per heavy atom. The lowest BCUT2D eigenvalue weighted by Gasteiger charge is -2.33. The van der Waals surface area contributed by atoms with Gasteiger partial charge >= 0.3 is 0 Å². The van der Waals surface area contributed by atoms with E-state index in [4.69, 9.17) is 10.5 Å². The molecule has 4 rings (SSSR count). The molecule has 3 aromatic rings. The van der Waals surface area contributed by atoms with Gasteiger partial charge in [0.15, 0.2) is 5.82 Å². The predicted molar refractivity (Wildman–Crippen MR) is 114 cm³/mol. The molecule has 150 valence electrons. The molecule has 0 radical (unpaired) electrons. The number of benzene rings is 2. The Balaban J connectivity index is 1.36. The highest BCUT2D eigenvalue weighted by atomic mass is 16.5. The van der Waals surface area contributed by atoms with Crippen molar-refractivity contribution < 1.29 is 9.64 Å². The number of aromatic nitrogens is 3. The first kappa shape index (κ1) is 18.9. The van der Waals surface area contributed by atoms with Gasteiger partial charge in [0.05, 0.1) is 33.3 Å². The van der Waals surface area contributed by atoms with Crippen molar-refractivity contribution in [2.24, 2.45) is 0 Å². The summed E-state index contributed by atoms with van der Waals surface area (Å²) in [4.78, 5) is 16.9. The highest BCUT2D eigenvalue weighted by Crippen LogP contribution is 2.19. The van der Waals surface area contributed by atoms with Gasteiger partial charge in [0.25, 0.3) is 0 Å². The van der Waals surface area contributed by atoms with E-state index in [1.807, 2.05) is 42.5 Å². The second kappa shape index (κ2) is 8.74. The van der Waals surface area contributed by atoms with Crippen LogP contribution in [0.25, 0.3) is 0 Å². The second-order valence-corrected chi connectivity index (χ2v) is 7.04. The summed E-state index contributed by atoms with van der Waals surface area (Å²) >= 11 is 0. The smallest absolute Gasteiger partial charge is 0.232 e. The van der Waals surface area contributed by atoms with Gasteiger partial charge in [-0.2, -0.15) is 15.0 Å². The second-order valence-electron chi connectivity index (χ2n) is 7.04. The molecule has 0 saturated carbocycles. The third-order valence-corrected chi connectivity index (χ3v) is 5.05. The Morgan fingerprint density at radius 2 is 1.72 bits per heavy atom. The quantitative estimate of drug-likeness (QED) is 0.579. The summed E-state index contributed by atoms with van der Waals surface area (Å²) in [6, 6.07) is 18.0. The van der Waals surface area contributed by atoms with E-state index in [0.717, 1.165) is 44.2 Å². The molecular formula is C21H26N7O+. The molecule has 0 atom stereocenters. The number of ether oxygens (including phenoxy) is 1. The lowest BCUT2D eigenvalue weighted by atomic mass is 10.2. The van der Waals surface area contributed by atoms with Crippen molar-refractivity contribution in [3.63, 3.8) is 0 Å². The molecule has 1 aliphatic heterocycles. The van der Waals surface area contributed by atoms with Gasteiger partial charge in [-0.15, -0.1) is 0 Å². The van der Waals surface area contributed by atoms with Crippen molar-refractivity contribution in [2.45, 2.75) is 6.54 Å². The third-order valence-electron chi connectivity index (χ3n) is 5.05. The summed E-state index contributed by atoms with van der Waals surface area (Å²) in [5, 5.41) is 3.19. The van der Waals surface area contributed by atoms with Crippen molar-refractivity contribution in [1.29, 1.82) is 0 Å². The minimum Gasteiger partial charge on any atom is -0.497 e. The average molecular weight is 392 g/mol. The molecule has 4 N–H and O–H groups in total. The molecule has 8 heteroatoms. The molecular weight excluding hydrogens is 366 g/mol. The molecule has 0 spiro atoms. The van der Waals surface area contributed by atoms with Crippen LogP contribution in [0.4, 0.5) is 23.3 Å². The fraction of sp³-hybridized carbons (Fsp3) is 0.286. The number of nitrogens with zero attached hydrogens (tertiary/aromatic N) is 4. The van der Waals surface area contributed by atoms with Crippen LogP contribution in [0.3, 0.4) is 0 Å². The maximum absolute atomic E-state index is 5.91. The van der Waals surface area contributed by atoms with E-state index < -0.39 is 0 Å². The largest absolute Gasteiger partial charge is 0.497 e. The number of piperazine rings is 1. The summed E-state index contributed by atoms with van der Waals surface area (Å²) in [7, 11) is 1.69. The SMILES string of the molecule is COc1ccc(N2CC[NH+](Cc3nc(N)nc(Nc4ccccc4)n3)CC2)cc1. The number of methoxy groups -OCH3 is 1. The maximum atomic E-state index is 5.91. The van der Waals surface area contributed by atoms with Gasteiger partial charge in [-0.25, -0.2) is 0 Å². The number of rotatable bonds is 6. The lowest BCUT2D eigenvalue weighted by molar-refractivity contribution is -0.915. The van der Waals surface area contributed by atoms with E-state index in [9.17, 15) is 0 Å². The lowest BCUT2D eigenvalue weighted by Crippen LogP contribution is -3.13. The average Bonchev–Trinajstić information content (AvgIpc) is 2.75. The highest BCUT2D eigenvalue weighted by Gasteiger charge is 2.22. The number of hydrogen-bond donors (Lipinski definition) is 3. The van der Waals surface area contributed by atoms with E-state index in [2.05, 4.69) is 37.3 Å². The zero-order chi connectivity index (χ0) is 20.1. The van der Waals surface area contributed by atoms with Crippen LogP contribution in [0.5, 0.6) is 5.75 Å². The molecule has 2 heterocycles. The van der Waals surface area contributed by atoms with Crippen molar-refractivity contribution in [3.8, 4) is 5.75 Å². The van der Waals surface area contributed by atoms with E-state index >= 15 is 0 Å². The molecule has 1 fully saturated rings. The minimum absolute atomic E-state index is 0.240. The minimum atomic E-state index is 0.240. The van der Waals surface area contributed by atoms with Crippen LogP contribution in [-0.2, 0) is 6.54 Å².